The fraction of sp³-hybridized carbons (Fsp3) is 0.200. The molecule has 0 aliphatic heterocycles. The number of hydrogen-bond donors (Lipinski definition) is 1. The van der Waals surface area contributed by atoms with Gasteiger partial charge >= 0.3 is 0 Å². The molecule has 0 unspecified atom stereocenters. The van der Waals surface area contributed by atoms with Crippen molar-refractivity contribution in [1.82, 2.24) is 25.3 Å². The van der Waals surface area contributed by atoms with E-state index in [0.717, 1.165) is 23.4 Å². The zero-order valence-corrected chi connectivity index (χ0v) is 16.4. The van der Waals surface area contributed by atoms with Gasteiger partial charge in [-0.25, -0.2) is 4.98 Å². The van der Waals surface area contributed by atoms with Crippen LogP contribution in [0.25, 0.3) is 22.8 Å². The van der Waals surface area contributed by atoms with Gasteiger partial charge in [0.1, 0.15) is 5.75 Å². The Balaban J connectivity index is 1.43. The van der Waals surface area contributed by atoms with E-state index in [1.165, 1.54) is 17.3 Å². The Morgan fingerprint density at radius 3 is 2.68 bits per heavy atom. The molecule has 0 aliphatic carbocycles. The summed E-state index contributed by atoms with van der Waals surface area (Å²) in [5, 5.41) is 11.9. The number of aromatic nitrogens is 5. The van der Waals surface area contributed by atoms with E-state index < -0.39 is 0 Å². The van der Waals surface area contributed by atoms with Gasteiger partial charge in [-0.15, -0.1) is 5.10 Å². The van der Waals surface area contributed by atoms with Crippen LogP contribution < -0.4 is 4.74 Å². The van der Waals surface area contributed by atoms with E-state index >= 15 is 0 Å². The quantitative estimate of drug-likeness (QED) is 0.466. The Morgan fingerprint density at radius 2 is 1.89 bits per heavy atom. The summed E-state index contributed by atoms with van der Waals surface area (Å²) in [7, 11) is 1.62. The number of benzene rings is 2. The number of ether oxygens (including phenoxy) is 1. The molecule has 2 aromatic heterocycles. The molecule has 2 aromatic carbocycles. The SMILES string of the molecule is CCc1ccc(-c2nc(SCc3nc(-c4ccccc4OC)no3)n[nH]2)cc1. The first kappa shape index (κ1) is 18.2. The molecule has 0 radical (unpaired) electrons. The molecule has 0 bridgehead atoms. The molecule has 28 heavy (non-hydrogen) atoms. The third-order valence-corrected chi connectivity index (χ3v) is 5.07. The molecule has 2 heterocycles. The molecule has 1 N–H and O–H groups in total. The van der Waals surface area contributed by atoms with E-state index in [0.29, 0.717) is 28.4 Å². The Kier molecular flexibility index (Phi) is 5.38. The van der Waals surface area contributed by atoms with Crippen molar-refractivity contribution in [3.05, 3.63) is 60.0 Å². The Hall–Kier alpha value is -3.13. The number of aromatic amines is 1. The number of nitrogens with zero attached hydrogens (tertiary/aromatic N) is 4. The second-order valence-corrected chi connectivity index (χ2v) is 6.96. The lowest BCUT2D eigenvalue weighted by Gasteiger charge is -2.02. The monoisotopic (exact) mass is 393 g/mol. The summed E-state index contributed by atoms with van der Waals surface area (Å²) in [6, 6.07) is 15.9. The van der Waals surface area contributed by atoms with Crippen LogP contribution in [0, 0.1) is 0 Å². The summed E-state index contributed by atoms with van der Waals surface area (Å²) in [6.07, 6.45) is 1.01. The number of aryl methyl sites for hydroxylation is 1. The van der Waals surface area contributed by atoms with Gasteiger partial charge in [0.2, 0.25) is 16.9 Å². The van der Waals surface area contributed by atoms with Crippen LogP contribution in [0.15, 0.2) is 58.2 Å². The number of rotatable bonds is 7. The van der Waals surface area contributed by atoms with Gasteiger partial charge in [-0.1, -0.05) is 60.2 Å². The fourth-order valence-corrected chi connectivity index (χ4v) is 3.35. The molecular formula is C20H19N5O2S. The maximum atomic E-state index is 5.35. The lowest BCUT2D eigenvalue weighted by atomic mass is 10.1. The Bertz CT molecular complexity index is 1060. The smallest absolute Gasteiger partial charge is 0.237 e. The van der Waals surface area contributed by atoms with Gasteiger partial charge < -0.3 is 9.26 Å². The topological polar surface area (TPSA) is 89.7 Å². The average Bonchev–Trinajstić information content (AvgIpc) is 3.42. The number of nitrogens with one attached hydrogen (secondary N) is 1. The standard InChI is InChI=1S/C20H19N5O2S/c1-3-13-8-10-14(11-9-13)18-22-20(24-23-18)28-12-17-21-19(25-27-17)15-6-4-5-7-16(15)26-2/h4-11H,3,12H2,1-2H3,(H,22,23,24). The summed E-state index contributed by atoms with van der Waals surface area (Å²) in [4.78, 5) is 8.97. The second-order valence-electron chi connectivity index (χ2n) is 6.02. The molecule has 0 aliphatic rings. The van der Waals surface area contributed by atoms with Crippen molar-refractivity contribution in [2.24, 2.45) is 0 Å². The maximum Gasteiger partial charge on any atom is 0.237 e. The minimum atomic E-state index is 0.480. The zero-order valence-electron chi connectivity index (χ0n) is 15.5. The average molecular weight is 393 g/mol. The molecular weight excluding hydrogens is 374 g/mol. The molecule has 142 valence electrons. The number of thioether (sulfide) groups is 1. The third kappa shape index (κ3) is 3.91. The van der Waals surface area contributed by atoms with Gasteiger partial charge in [-0.05, 0) is 24.1 Å². The van der Waals surface area contributed by atoms with Crippen molar-refractivity contribution in [1.29, 1.82) is 0 Å². The number of para-hydroxylation sites is 1. The van der Waals surface area contributed by atoms with Crippen molar-refractivity contribution in [2.45, 2.75) is 24.3 Å². The lowest BCUT2D eigenvalue weighted by molar-refractivity contribution is 0.390. The van der Waals surface area contributed by atoms with E-state index in [-0.39, 0.29) is 0 Å². The minimum Gasteiger partial charge on any atom is -0.496 e. The predicted molar refractivity (Wildman–Crippen MR) is 107 cm³/mol. The van der Waals surface area contributed by atoms with Gasteiger partial charge in [0.05, 0.1) is 18.4 Å². The highest BCUT2D eigenvalue weighted by Gasteiger charge is 2.14. The van der Waals surface area contributed by atoms with Crippen LogP contribution >= 0.6 is 11.8 Å². The highest BCUT2D eigenvalue weighted by molar-refractivity contribution is 7.98. The van der Waals surface area contributed by atoms with E-state index in [1.54, 1.807) is 7.11 Å². The molecule has 0 amide bonds. The normalized spacial score (nSPS) is 10.9. The van der Waals surface area contributed by atoms with Crippen LogP contribution in [0.2, 0.25) is 0 Å². The van der Waals surface area contributed by atoms with Crippen LogP contribution in [0.4, 0.5) is 0 Å². The Morgan fingerprint density at radius 1 is 1.07 bits per heavy atom. The van der Waals surface area contributed by atoms with Gasteiger partial charge in [0.25, 0.3) is 0 Å². The first-order valence-corrected chi connectivity index (χ1v) is 9.86. The fourth-order valence-electron chi connectivity index (χ4n) is 2.72. The number of methoxy groups -OCH3 is 1. The van der Waals surface area contributed by atoms with Gasteiger partial charge in [0, 0.05) is 5.56 Å². The van der Waals surface area contributed by atoms with Crippen molar-refractivity contribution >= 4 is 11.8 Å². The first-order chi connectivity index (χ1) is 13.8. The molecule has 0 fully saturated rings. The van der Waals surface area contributed by atoms with E-state index in [4.69, 9.17) is 9.26 Å². The number of H-pyrrole nitrogens is 1. The van der Waals surface area contributed by atoms with E-state index in [2.05, 4.69) is 44.4 Å². The molecule has 0 spiro atoms. The summed E-state index contributed by atoms with van der Waals surface area (Å²) in [5.74, 6) is 2.93. The van der Waals surface area contributed by atoms with Crippen molar-refractivity contribution in [3.8, 4) is 28.5 Å². The third-order valence-electron chi connectivity index (χ3n) is 4.24. The van der Waals surface area contributed by atoms with Crippen LogP contribution in [0.1, 0.15) is 18.4 Å². The van der Waals surface area contributed by atoms with Gasteiger partial charge in [-0.2, -0.15) is 4.98 Å². The number of hydrogen-bond acceptors (Lipinski definition) is 7. The molecule has 4 rings (SSSR count). The predicted octanol–water partition coefficient (Wildman–Crippen LogP) is 4.39. The van der Waals surface area contributed by atoms with Crippen LogP contribution in [-0.4, -0.2) is 32.4 Å². The molecule has 4 aromatic rings. The van der Waals surface area contributed by atoms with Crippen molar-refractivity contribution in [2.75, 3.05) is 7.11 Å². The summed E-state index contributed by atoms with van der Waals surface area (Å²) >= 11 is 1.43. The van der Waals surface area contributed by atoms with Crippen molar-refractivity contribution < 1.29 is 9.26 Å². The van der Waals surface area contributed by atoms with Crippen LogP contribution in [0.3, 0.4) is 0 Å². The summed E-state index contributed by atoms with van der Waals surface area (Å²) in [6.45, 7) is 2.13. The molecule has 0 atom stereocenters. The summed E-state index contributed by atoms with van der Waals surface area (Å²) < 4.78 is 10.7. The highest BCUT2D eigenvalue weighted by atomic mass is 32.2. The summed E-state index contributed by atoms with van der Waals surface area (Å²) in [5.41, 5.74) is 3.09. The lowest BCUT2D eigenvalue weighted by Crippen LogP contribution is -1.89. The molecule has 8 heteroatoms. The minimum absolute atomic E-state index is 0.480. The zero-order chi connectivity index (χ0) is 19.3. The van der Waals surface area contributed by atoms with Crippen LogP contribution in [0.5, 0.6) is 5.75 Å². The largest absolute Gasteiger partial charge is 0.496 e. The van der Waals surface area contributed by atoms with Crippen molar-refractivity contribution in [3.63, 3.8) is 0 Å². The van der Waals surface area contributed by atoms with Gasteiger partial charge in [-0.3, -0.25) is 5.10 Å². The highest BCUT2D eigenvalue weighted by Crippen LogP contribution is 2.28. The maximum absolute atomic E-state index is 5.35. The van der Waals surface area contributed by atoms with E-state index in [9.17, 15) is 0 Å². The van der Waals surface area contributed by atoms with E-state index in [1.807, 2.05) is 36.4 Å². The molecule has 0 saturated carbocycles. The second kappa shape index (κ2) is 8.26. The van der Waals surface area contributed by atoms with Gasteiger partial charge in [0.15, 0.2) is 5.82 Å². The van der Waals surface area contributed by atoms with Crippen LogP contribution in [-0.2, 0) is 12.2 Å². The Labute approximate surface area is 166 Å². The molecule has 0 saturated heterocycles. The molecule has 7 nitrogen and oxygen atoms in total. The first-order valence-electron chi connectivity index (χ1n) is 8.87.